The largest absolute Gasteiger partial charge is 0.503 e. The molecule has 37 heavy (non-hydrogen) atoms. The number of rotatable bonds is 5. The number of aromatic hydroxyl groups is 1. The number of esters is 2. The molecule has 2 heterocycles. The summed E-state index contributed by atoms with van der Waals surface area (Å²) in [6, 6.07) is 9.62. The normalized spacial score (nSPS) is 22.1. The number of benzene rings is 1. The van der Waals surface area contributed by atoms with Crippen molar-refractivity contribution < 1.29 is 33.7 Å². The third-order valence-corrected chi connectivity index (χ3v) is 5.58. The summed E-state index contributed by atoms with van der Waals surface area (Å²) in [6.45, 7) is 11.9. The predicted molar refractivity (Wildman–Crippen MR) is 138 cm³/mol. The van der Waals surface area contributed by atoms with Gasteiger partial charge in [0, 0.05) is 18.2 Å². The van der Waals surface area contributed by atoms with Crippen LogP contribution in [-0.4, -0.2) is 53.8 Å². The molecule has 202 valence electrons. The summed E-state index contributed by atoms with van der Waals surface area (Å²) in [5, 5.41) is 12.6. The molecule has 0 aliphatic carbocycles. The Bertz CT molecular complexity index is 1060. The number of carbonyl (C=O) groups is 3. The number of nitrogens with one attached hydrogen (secondary N) is 1. The molecule has 1 amide bonds. The zero-order valence-corrected chi connectivity index (χ0v) is 22.6. The lowest BCUT2D eigenvalue weighted by Crippen LogP contribution is -2.46. The minimum atomic E-state index is -1.26. The molecule has 2 N–H and O–H groups in total. The predicted octanol–water partition coefficient (Wildman–Crippen LogP) is 3.93. The molecule has 0 radical (unpaired) electrons. The zero-order chi connectivity index (χ0) is 27.8. The van der Waals surface area contributed by atoms with Crippen LogP contribution >= 0.6 is 0 Å². The standard InChI is InChI=1S/C23H26N2O7.C5H12/c1-13-14(2)32-23(29)17(25-21(27)19-20(26)18(30-3)9-10-24-19)12-31-22(28)16(13)11-15-7-5-4-6-8-15;1-5(2,3)4/h4-10,13-14,16-17,26H,11-12H2,1-3H3,(H,25,27);1-4H3/t13-,14-,16+,17-;/m0./s1. The fourth-order valence-corrected chi connectivity index (χ4v) is 3.49. The Labute approximate surface area is 218 Å². The van der Waals surface area contributed by atoms with Crippen LogP contribution in [0, 0.1) is 17.3 Å². The Hall–Kier alpha value is -3.62. The molecular formula is C28H38N2O7. The summed E-state index contributed by atoms with van der Waals surface area (Å²) < 4.78 is 15.9. The monoisotopic (exact) mass is 514 g/mol. The number of aromatic nitrogens is 1. The number of hydrogen-bond donors (Lipinski definition) is 2. The van der Waals surface area contributed by atoms with Gasteiger partial charge in [0.1, 0.15) is 12.7 Å². The van der Waals surface area contributed by atoms with E-state index in [1.54, 1.807) is 6.92 Å². The molecule has 0 spiro atoms. The number of ether oxygens (including phenoxy) is 3. The van der Waals surface area contributed by atoms with E-state index < -0.39 is 48.3 Å². The highest BCUT2D eigenvalue weighted by Gasteiger charge is 2.37. The second-order valence-electron chi connectivity index (χ2n) is 10.7. The summed E-state index contributed by atoms with van der Waals surface area (Å²) in [4.78, 5) is 42.0. The Morgan fingerprint density at radius 3 is 2.32 bits per heavy atom. The van der Waals surface area contributed by atoms with Crippen molar-refractivity contribution in [2.45, 2.75) is 60.1 Å². The second-order valence-corrected chi connectivity index (χ2v) is 10.7. The molecule has 0 saturated carbocycles. The first kappa shape index (κ1) is 29.6. The first-order valence-electron chi connectivity index (χ1n) is 12.3. The van der Waals surface area contributed by atoms with Gasteiger partial charge in [-0.25, -0.2) is 9.78 Å². The lowest BCUT2D eigenvalue weighted by atomic mass is 9.85. The second kappa shape index (κ2) is 13.1. The van der Waals surface area contributed by atoms with Gasteiger partial charge in [-0.3, -0.25) is 9.59 Å². The molecule has 0 bridgehead atoms. The fourth-order valence-electron chi connectivity index (χ4n) is 3.49. The summed E-state index contributed by atoms with van der Waals surface area (Å²) in [5.41, 5.74) is 1.13. The van der Waals surface area contributed by atoms with Gasteiger partial charge in [-0.2, -0.15) is 0 Å². The van der Waals surface area contributed by atoms with E-state index in [-0.39, 0.29) is 17.4 Å². The summed E-state index contributed by atoms with van der Waals surface area (Å²) >= 11 is 0. The average Bonchev–Trinajstić information content (AvgIpc) is 2.86. The molecule has 9 nitrogen and oxygen atoms in total. The third-order valence-electron chi connectivity index (χ3n) is 5.58. The quantitative estimate of drug-likeness (QED) is 0.575. The molecule has 2 aromatic rings. The van der Waals surface area contributed by atoms with Gasteiger partial charge in [0.15, 0.2) is 23.2 Å². The first-order valence-corrected chi connectivity index (χ1v) is 12.3. The Balaban J connectivity index is 0.000000877. The highest BCUT2D eigenvalue weighted by molar-refractivity contribution is 5.98. The van der Waals surface area contributed by atoms with E-state index in [0.29, 0.717) is 11.8 Å². The van der Waals surface area contributed by atoms with Crippen molar-refractivity contribution >= 4 is 17.8 Å². The SMILES string of the molecule is CC(C)(C)C.COc1ccnc(C(=O)N[C@H]2COC(=O)[C@H](Cc3ccccc3)[C@@H](C)[C@H](C)OC2=O)c1O. The maximum absolute atomic E-state index is 12.9. The summed E-state index contributed by atoms with van der Waals surface area (Å²) in [7, 11) is 1.33. The number of amides is 1. The number of methoxy groups -OCH3 is 1. The van der Waals surface area contributed by atoms with Crippen molar-refractivity contribution in [1.82, 2.24) is 10.3 Å². The average molecular weight is 515 g/mol. The minimum absolute atomic E-state index is 0.0554. The van der Waals surface area contributed by atoms with Crippen LogP contribution in [0.1, 0.15) is 57.6 Å². The lowest BCUT2D eigenvalue weighted by Gasteiger charge is -2.26. The number of pyridine rings is 1. The first-order chi connectivity index (χ1) is 17.3. The zero-order valence-electron chi connectivity index (χ0n) is 22.6. The molecule has 3 rings (SSSR count). The van der Waals surface area contributed by atoms with Crippen molar-refractivity contribution in [3.8, 4) is 11.5 Å². The van der Waals surface area contributed by atoms with Crippen LogP contribution in [-0.2, 0) is 25.5 Å². The third kappa shape index (κ3) is 9.08. The Morgan fingerprint density at radius 2 is 1.73 bits per heavy atom. The van der Waals surface area contributed by atoms with E-state index in [2.05, 4.69) is 38.0 Å². The van der Waals surface area contributed by atoms with E-state index in [0.717, 1.165) is 5.56 Å². The van der Waals surface area contributed by atoms with Gasteiger partial charge >= 0.3 is 11.9 Å². The van der Waals surface area contributed by atoms with Crippen molar-refractivity contribution in [3.05, 3.63) is 53.9 Å². The summed E-state index contributed by atoms with van der Waals surface area (Å²) in [5.74, 6) is -3.31. The van der Waals surface area contributed by atoms with Crippen LogP contribution in [0.5, 0.6) is 11.5 Å². The van der Waals surface area contributed by atoms with Crippen LogP contribution < -0.4 is 10.1 Å². The van der Waals surface area contributed by atoms with Gasteiger partial charge in [0.2, 0.25) is 0 Å². The molecule has 1 aliphatic heterocycles. The van der Waals surface area contributed by atoms with Gasteiger partial charge < -0.3 is 24.6 Å². The maximum atomic E-state index is 12.9. The van der Waals surface area contributed by atoms with E-state index in [1.165, 1.54) is 19.4 Å². The van der Waals surface area contributed by atoms with Crippen molar-refractivity contribution in [2.24, 2.45) is 17.3 Å². The minimum Gasteiger partial charge on any atom is -0.503 e. The molecule has 4 atom stereocenters. The highest BCUT2D eigenvalue weighted by atomic mass is 16.6. The number of carbonyl (C=O) groups excluding carboxylic acids is 3. The van der Waals surface area contributed by atoms with Crippen molar-refractivity contribution in [2.75, 3.05) is 13.7 Å². The molecule has 1 aromatic carbocycles. The molecule has 1 fully saturated rings. The van der Waals surface area contributed by atoms with Crippen LogP contribution in [0.25, 0.3) is 0 Å². The number of hydrogen-bond acceptors (Lipinski definition) is 8. The smallest absolute Gasteiger partial charge is 0.332 e. The Kier molecular flexibility index (Phi) is 10.5. The topological polar surface area (TPSA) is 124 Å². The van der Waals surface area contributed by atoms with Gasteiger partial charge in [0.05, 0.1) is 13.0 Å². The van der Waals surface area contributed by atoms with E-state index >= 15 is 0 Å². The lowest BCUT2D eigenvalue weighted by molar-refractivity contribution is -0.153. The van der Waals surface area contributed by atoms with Crippen molar-refractivity contribution in [3.63, 3.8) is 0 Å². The highest BCUT2D eigenvalue weighted by Crippen LogP contribution is 2.28. The number of cyclic esters (lactones) is 2. The van der Waals surface area contributed by atoms with E-state index in [4.69, 9.17) is 14.2 Å². The Morgan fingerprint density at radius 1 is 1.11 bits per heavy atom. The van der Waals surface area contributed by atoms with Crippen LogP contribution in [0.15, 0.2) is 42.6 Å². The molecule has 1 aliphatic rings. The maximum Gasteiger partial charge on any atom is 0.332 e. The summed E-state index contributed by atoms with van der Waals surface area (Å²) in [6.07, 6.45) is 1.12. The van der Waals surface area contributed by atoms with Gasteiger partial charge in [0.25, 0.3) is 5.91 Å². The molecule has 9 heteroatoms. The van der Waals surface area contributed by atoms with Gasteiger partial charge in [-0.15, -0.1) is 0 Å². The molecular weight excluding hydrogens is 476 g/mol. The van der Waals surface area contributed by atoms with Crippen LogP contribution in [0.2, 0.25) is 0 Å². The van der Waals surface area contributed by atoms with Gasteiger partial charge in [-0.1, -0.05) is 65.0 Å². The van der Waals surface area contributed by atoms with Crippen molar-refractivity contribution in [1.29, 1.82) is 0 Å². The van der Waals surface area contributed by atoms with E-state index in [9.17, 15) is 19.5 Å². The van der Waals surface area contributed by atoms with Crippen LogP contribution in [0.4, 0.5) is 0 Å². The fraction of sp³-hybridized carbons (Fsp3) is 0.500. The molecule has 1 aromatic heterocycles. The molecule has 0 unspecified atom stereocenters. The van der Waals surface area contributed by atoms with Gasteiger partial charge in [-0.05, 0) is 24.3 Å². The number of nitrogens with zero attached hydrogens (tertiary/aromatic N) is 1. The molecule has 1 saturated heterocycles. The van der Waals surface area contributed by atoms with Crippen LogP contribution in [0.3, 0.4) is 0 Å². The van der Waals surface area contributed by atoms with E-state index in [1.807, 2.05) is 37.3 Å².